The Labute approximate surface area is 52.9 Å². The Hall–Kier alpha value is -1.06. The van der Waals surface area contributed by atoms with Crippen LogP contribution >= 0.6 is 0 Å². The number of carbonyl (C=O) groups is 1. The van der Waals surface area contributed by atoms with E-state index in [1.807, 2.05) is 0 Å². The molecule has 0 saturated heterocycles. The lowest BCUT2D eigenvalue weighted by Gasteiger charge is -1.92. The van der Waals surface area contributed by atoms with Crippen LogP contribution in [0.25, 0.3) is 0 Å². The Morgan fingerprint density at radius 2 is 2.67 bits per heavy atom. The number of esters is 1. The second-order valence-corrected chi connectivity index (χ2v) is 1.71. The highest BCUT2D eigenvalue weighted by Gasteiger charge is 2.14. The molecule has 0 aromatic rings. The van der Waals surface area contributed by atoms with Gasteiger partial charge in [-0.3, -0.25) is 0 Å². The summed E-state index contributed by atoms with van der Waals surface area (Å²) in [5.41, 5.74) is 3.16. The lowest BCUT2D eigenvalue weighted by Crippen LogP contribution is -2.12. The largest absolute Gasteiger partial charge is 0.464 e. The van der Waals surface area contributed by atoms with E-state index in [0.717, 1.165) is 6.54 Å². The molecule has 0 amide bonds. The van der Waals surface area contributed by atoms with Crippen LogP contribution in [-0.2, 0) is 9.53 Å². The molecule has 1 aliphatic rings. The highest BCUT2D eigenvalue weighted by atomic mass is 16.5. The Kier molecular flexibility index (Phi) is 1.67. The van der Waals surface area contributed by atoms with Crippen molar-refractivity contribution < 1.29 is 9.53 Å². The lowest BCUT2D eigenvalue weighted by atomic mass is 10.3. The zero-order chi connectivity index (χ0) is 6.69. The molecule has 0 saturated carbocycles. The molecule has 4 nitrogen and oxygen atoms in total. The molecule has 0 aromatic heterocycles. The Morgan fingerprint density at radius 3 is 3.11 bits per heavy atom. The molecule has 50 valence electrons. The van der Waals surface area contributed by atoms with E-state index in [1.165, 1.54) is 7.11 Å². The maximum atomic E-state index is 10.6. The monoisotopic (exact) mass is 128 g/mol. The van der Waals surface area contributed by atoms with Crippen LogP contribution in [0.5, 0.6) is 0 Å². The number of hydrazone groups is 1. The van der Waals surface area contributed by atoms with Crippen molar-refractivity contribution in [2.75, 3.05) is 13.7 Å². The molecule has 1 N–H and O–H groups in total. The van der Waals surface area contributed by atoms with Crippen LogP contribution in [0.3, 0.4) is 0 Å². The summed E-state index contributed by atoms with van der Waals surface area (Å²) in [5.74, 6) is -0.333. The fourth-order valence-electron chi connectivity index (χ4n) is 0.647. The van der Waals surface area contributed by atoms with Gasteiger partial charge in [-0.15, -0.1) is 0 Å². The summed E-state index contributed by atoms with van der Waals surface area (Å²) in [6.45, 7) is 0.741. The molecule has 0 aliphatic carbocycles. The molecule has 4 heteroatoms. The van der Waals surface area contributed by atoms with Gasteiger partial charge in [0.05, 0.1) is 7.11 Å². The number of methoxy groups -OCH3 is 1. The van der Waals surface area contributed by atoms with Gasteiger partial charge in [-0.25, -0.2) is 4.79 Å². The van der Waals surface area contributed by atoms with Gasteiger partial charge in [-0.2, -0.15) is 5.10 Å². The normalized spacial score (nSPS) is 16.3. The zero-order valence-corrected chi connectivity index (χ0v) is 5.18. The lowest BCUT2D eigenvalue weighted by molar-refractivity contribution is -0.132. The van der Waals surface area contributed by atoms with Crippen LogP contribution in [-0.4, -0.2) is 25.3 Å². The highest BCUT2D eigenvalue weighted by molar-refractivity contribution is 6.36. The first-order valence-corrected chi connectivity index (χ1v) is 2.72. The molecule has 0 spiro atoms. The minimum atomic E-state index is -0.333. The molecule has 0 fully saturated rings. The fourth-order valence-corrected chi connectivity index (χ4v) is 0.647. The summed E-state index contributed by atoms with van der Waals surface area (Å²) in [6.07, 6.45) is 0.673. The number of ether oxygens (including phenoxy) is 1. The first-order chi connectivity index (χ1) is 4.34. The van der Waals surface area contributed by atoms with Crippen molar-refractivity contribution in [3.63, 3.8) is 0 Å². The van der Waals surface area contributed by atoms with Crippen molar-refractivity contribution >= 4 is 11.7 Å². The van der Waals surface area contributed by atoms with Gasteiger partial charge in [-0.1, -0.05) is 0 Å². The van der Waals surface area contributed by atoms with E-state index < -0.39 is 0 Å². The van der Waals surface area contributed by atoms with Crippen LogP contribution in [0.1, 0.15) is 6.42 Å². The maximum absolute atomic E-state index is 10.6. The number of nitrogens with one attached hydrogen (secondary N) is 1. The highest BCUT2D eigenvalue weighted by Crippen LogP contribution is 1.94. The predicted molar refractivity (Wildman–Crippen MR) is 32.1 cm³/mol. The topological polar surface area (TPSA) is 50.7 Å². The number of nitrogens with zero attached hydrogens (tertiary/aromatic N) is 1. The van der Waals surface area contributed by atoms with Crippen molar-refractivity contribution in [3.05, 3.63) is 0 Å². The number of carbonyl (C=O) groups excluding carboxylic acids is 1. The summed E-state index contributed by atoms with van der Waals surface area (Å²) in [7, 11) is 1.35. The van der Waals surface area contributed by atoms with E-state index in [1.54, 1.807) is 0 Å². The Balaban J connectivity index is 2.51. The summed E-state index contributed by atoms with van der Waals surface area (Å²) in [4.78, 5) is 10.6. The van der Waals surface area contributed by atoms with Gasteiger partial charge in [0.1, 0.15) is 5.71 Å². The summed E-state index contributed by atoms with van der Waals surface area (Å²) in [5, 5.41) is 3.70. The van der Waals surface area contributed by atoms with Gasteiger partial charge in [0.25, 0.3) is 0 Å². The number of hydrogen-bond acceptors (Lipinski definition) is 4. The van der Waals surface area contributed by atoms with Crippen molar-refractivity contribution in [2.24, 2.45) is 5.10 Å². The number of rotatable bonds is 1. The van der Waals surface area contributed by atoms with Crippen LogP contribution in [0.15, 0.2) is 5.10 Å². The SMILES string of the molecule is COC(=O)C1=NNCC1. The molecule has 0 unspecified atom stereocenters. The van der Waals surface area contributed by atoms with Crippen molar-refractivity contribution in [2.45, 2.75) is 6.42 Å². The zero-order valence-electron chi connectivity index (χ0n) is 5.18. The third kappa shape index (κ3) is 1.19. The first-order valence-electron chi connectivity index (χ1n) is 2.72. The van der Waals surface area contributed by atoms with E-state index in [9.17, 15) is 4.79 Å². The van der Waals surface area contributed by atoms with Crippen LogP contribution in [0.2, 0.25) is 0 Å². The van der Waals surface area contributed by atoms with Crippen LogP contribution < -0.4 is 5.43 Å². The van der Waals surface area contributed by atoms with Crippen molar-refractivity contribution in [1.82, 2.24) is 5.43 Å². The quantitative estimate of drug-likeness (QED) is 0.485. The van der Waals surface area contributed by atoms with E-state index >= 15 is 0 Å². The average molecular weight is 128 g/mol. The molecule has 0 aromatic carbocycles. The second kappa shape index (κ2) is 2.48. The van der Waals surface area contributed by atoms with E-state index in [-0.39, 0.29) is 5.97 Å². The molecule has 0 radical (unpaired) electrons. The van der Waals surface area contributed by atoms with Crippen LogP contribution in [0.4, 0.5) is 0 Å². The fraction of sp³-hybridized carbons (Fsp3) is 0.600. The standard InChI is InChI=1S/C5H8N2O2/c1-9-5(8)4-2-3-6-7-4/h6H,2-3H2,1H3. The van der Waals surface area contributed by atoms with E-state index in [4.69, 9.17) is 0 Å². The smallest absolute Gasteiger partial charge is 0.354 e. The maximum Gasteiger partial charge on any atom is 0.354 e. The third-order valence-electron chi connectivity index (χ3n) is 1.11. The second-order valence-electron chi connectivity index (χ2n) is 1.71. The minimum Gasteiger partial charge on any atom is -0.464 e. The van der Waals surface area contributed by atoms with Crippen molar-refractivity contribution in [1.29, 1.82) is 0 Å². The first kappa shape index (κ1) is 6.07. The van der Waals surface area contributed by atoms with Crippen LogP contribution in [0, 0.1) is 0 Å². The molecule has 1 aliphatic heterocycles. The summed E-state index contributed by atoms with van der Waals surface area (Å²) in [6, 6.07) is 0. The van der Waals surface area contributed by atoms with Gasteiger partial charge in [-0.05, 0) is 0 Å². The van der Waals surface area contributed by atoms with Gasteiger partial charge in [0.15, 0.2) is 0 Å². The van der Waals surface area contributed by atoms with Gasteiger partial charge >= 0.3 is 5.97 Å². The molecule has 1 rings (SSSR count). The average Bonchev–Trinajstić information content (AvgIpc) is 2.37. The van der Waals surface area contributed by atoms with Gasteiger partial charge in [0.2, 0.25) is 0 Å². The molecule has 0 atom stereocenters. The predicted octanol–water partition coefficient (Wildman–Crippen LogP) is -0.491. The summed E-state index contributed by atoms with van der Waals surface area (Å²) >= 11 is 0. The summed E-state index contributed by atoms with van der Waals surface area (Å²) < 4.78 is 4.42. The Bertz CT molecular complexity index is 153. The molecular weight excluding hydrogens is 120 g/mol. The third-order valence-corrected chi connectivity index (χ3v) is 1.11. The Morgan fingerprint density at radius 1 is 1.89 bits per heavy atom. The van der Waals surface area contributed by atoms with Crippen molar-refractivity contribution in [3.8, 4) is 0 Å². The van der Waals surface area contributed by atoms with Gasteiger partial charge in [0, 0.05) is 13.0 Å². The molecule has 0 bridgehead atoms. The van der Waals surface area contributed by atoms with E-state index in [0.29, 0.717) is 12.1 Å². The molecular formula is C5H8N2O2. The van der Waals surface area contributed by atoms with Gasteiger partial charge < -0.3 is 10.2 Å². The minimum absolute atomic E-state index is 0.333. The van der Waals surface area contributed by atoms with E-state index in [2.05, 4.69) is 15.3 Å². The molecule has 1 heterocycles. The number of hydrogen-bond donors (Lipinski definition) is 1. The molecule has 9 heavy (non-hydrogen) atoms.